The van der Waals surface area contributed by atoms with Gasteiger partial charge in [-0.3, -0.25) is 9.59 Å². The number of para-hydroxylation sites is 1. The minimum absolute atomic E-state index is 0.0162. The number of ether oxygens (including phenoxy) is 2. The van der Waals surface area contributed by atoms with Crippen molar-refractivity contribution in [2.24, 2.45) is 11.8 Å². The topological polar surface area (TPSA) is 85.7 Å². The van der Waals surface area contributed by atoms with Crippen molar-refractivity contribution in [3.63, 3.8) is 0 Å². The third-order valence-corrected chi connectivity index (χ3v) is 5.06. The molecule has 0 fully saturated rings. The number of Topliss-reactive ketones (excluding diaryl/α,β-unsaturated/α-hetero) is 1. The maximum Gasteiger partial charge on any atom is 0.307 e. The molecule has 0 radical (unpaired) electrons. The highest BCUT2D eigenvalue weighted by Gasteiger charge is 2.25. The number of ketones is 1. The van der Waals surface area contributed by atoms with Crippen LogP contribution in [0.4, 0.5) is 0 Å². The van der Waals surface area contributed by atoms with Crippen LogP contribution in [0.25, 0.3) is 10.6 Å². The number of benzene rings is 1. The molecule has 1 aromatic carbocycles. The predicted molar refractivity (Wildman–Crippen MR) is 99.9 cm³/mol. The largest absolute Gasteiger partial charge is 0.493 e. The van der Waals surface area contributed by atoms with Crippen molar-refractivity contribution in [3.8, 4) is 22.1 Å². The van der Waals surface area contributed by atoms with Gasteiger partial charge in [-0.1, -0.05) is 19.9 Å². The Hall–Kier alpha value is -2.41. The molecule has 0 spiro atoms. The summed E-state index contributed by atoms with van der Waals surface area (Å²) in [6, 6.07) is 5.53. The minimum atomic E-state index is -0.937. The van der Waals surface area contributed by atoms with E-state index in [1.54, 1.807) is 20.3 Å². The number of carbonyl (C=O) groups excluding carboxylic acids is 1. The molecule has 0 aliphatic heterocycles. The number of carboxylic acids is 1. The van der Waals surface area contributed by atoms with Crippen LogP contribution in [0.3, 0.4) is 0 Å². The first-order chi connectivity index (χ1) is 12.4. The van der Waals surface area contributed by atoms with E-state index in [1.165, 1.54) is 11.3 Å². The van der Waals surface area contributed by atoms with E-state index < -0.39 is 11.9 Å². The van der Waals surface area contributed by atoms with Crippen LogP contribution in [0.1, 0.15) is 26.0 Å². The Bertz CT molecular complexity index is 784. The first kappa shape index (κ1) is 19.9. The zero-order valence-corrected chi connectivity index (χ0v) is 16.1. The van der Waals surface area contributed by atoms with Gasteiger partial charge in [-0.25, -0.2) is 4.98 Å². The zero-order chi connectivity index (χ0) is 19.3. The highest BCUT2D eigenvalue weighted by molar-refractivity contribution is 7.13. The second-order valence-electron chi connectivity index (χ2n) is 6.29. The Morgan fingerprint density at radius 1 is 1.23 bits per heavy atom. The number of methoxy groups -OCH3 is 2. The van der Waals surface area contributed by atoms with Gasteiger partial charge in [0, 0.05) is 18.2 Å². The van der Waals surface area contributed by atoms with E-state index in [1.807, 2.05) is 31.4 Å². The molecule has 2 rings (SSSR count). The van der Waals surface area contributed by atoms with Crippen molar-refractivity contribution < 1.29 is 24.2 Å². The Balaban J connectivity index is 2.16. The molecule has 140 valence electrons. The highest BCUT2D eigenvalue weighted by Crippen LogP contribution is 2.39. The van der Waals surface area contributed by atoms with Crippen molar-refractivity contribution in [1.29, 1.82) is 0 Å². The number of carboxylic acid groups (broad SMARTS) is 1. The molecular formula is C19H23NO5S. The first-order valence-corrected chi connectivity index (χ1v) is 9.15. The lowest BCUT2D eigenvalue weighted by molar-refractivity contribution is -0.145. The number of aliphatic carboxylic acids is 1. The highest BCUT2D eigenvalue weighted by atomic mass is 32.1. The lowest BCUT2D eigenvalue weighted by Gasteiger charge is -2.14. The van der Waals surface area contributed by atoms with Crippen molar-refractivity contribution in [1.82, 2.24) is 4.98 Å². The van der Waals surface area contributed by atoms with E-state index in [0.717, 1.165) is 10.6 Å². The van der Waals surface area contributed by atoms with Gasteiger partial charge in [0.15, 0.2) is 11.5 Å². The van der Waals surface area contributed by atoms with Crippen LogP contribution < -0.4 is 9.47 Å². The van der Waals surface area contributed by atoms with Gasteiger partial charge in [0.1, 0.15) is 10.8 Å². The van der Waals surface area contributed by atoms with Gasteiger partial charge in [-0.05, 0) is 18.1 Å². The molecule has 0 bridgehead atoms. The van der Waals surface area contributed by atoms with E-state index in [-0.39, 0.29) is 24.5 Å². The second kappa shape index (κ2) is 8.80. The SMILES string of the molecule is COc1cccc(-c2nc(CC(=O)C[C@H](C(=O)O)C(C)C)cs2)c1OC. The molecular weight excluding hydrogens is 354 g/mol. The van der Waals surface area contributed by atoms with Crippen molar-refractivity contribution in [2.45, 2.75) is 26.7 Å². The summed E-state index contributed by atoms with van der Waals surface area (Å²) in [6.45, 7) is 3.62. The Labute approximate surface area is 156 Å². The van der Waals surface area contributed by atoms with E-state index in [0.29, 0.717) is 17.2 Å². The van der Waals surface area contributed by atoms with Gasteiger partial charge < -0.3 is 14.6 Å². The summed E-state index contributed by atoms with van der Waals surface area (Å²) in [6.07, 6.45) is 0.141. The summed E-state index contributed by atoms with van der Waals surface area (Å²) in [5, 5.41) is 11.8. The van der Waals surface area contributed by atoms with Crippen LogP contribution in [0.2, 0.25) is 0 Å². The number of nitrogens with zero attached hydrogens (tertiary/aromatic N) is 1. The average Bonchev–Trinajstić information content (AvgIpc) is 3.06. The Morgan fingerprint density at radius 3 is 2.54 bits per heavy atom. The third kappa shape index (κ3) is 4.60. The smallest absolute Gasteiger partial charge is 0.307 e. The summed E-state index contributed by atoms with van der Waals surface area (Å²) >= 11 is 1.41. The van der Waals surface area contributed by atoms with Crippen LogP contribution >= 0.6 is 11.3 Å². The molecule has 6 nitrogen and oxygen atoms in total. The monoisotopic (exact) mass is 377 g/mol. The lowest BCUT2D eigenvalue weighted by Crippen LogP contribution is -2.23. The molecule has 0 aliphatic carbocycles. The lowest BCUT2D eigenvalue weighted by atomic mass is 9.90. The molecule has 1 heterocycles. The Morgan fingerprint density at radius 2 is 1.96 bits per heavy atom. The van der Waals surface area contributed by atoms with Gasteiger partial charge in [0.05, 0.1) is 31.4 Å². The summed E-state index contributed by atoms with van der Waals surface area (Å²) in [4.78, 5) is 28.0. The summed E-state index contributed by atoms with van der Waals surface area (Å²) in [5.74, 6) is -0.622. The van der Waals surface area contributed by atoms with Crippen LogP contribution in [0, 0.1) is 11.8 Å². The number of carbonyl (C=O) groups is 2. The second-order valence-corrected chi connectivity index (χ2v) is 7.15. The number of hydrogen-bond acceptors (Lipinski definition) is 6. The van der Waals surface area contributed by atoms with Gasteiger partial charge in [-0.2, -0.15) is 0 Å². The van der Waals surface area contributed by atoms with E-state index in [9.17, 15) is 14.7 Å². The van der Waals surface area contributed by atoms with Crippen LogP contribution in [0.5, 0.6) is 11.5 Å². The number of hydrogen-bond donors (Lipinski definition) is 1. The van der Waals surface area contributed by atoms with Gasteiger partial charge >= 0.3 is 5.97 Å². The first-order valence-electron chi connectivity index (χ1n) is 8.27. The van der Waals surface area contributed by atoms with E-state index in [2.05, 4.69) is 4.98 Å². The molecule has 0 saturated carbocycles. The van der Waals surface area contributed by atoms with Gasteiger partial charge in [0.2, 0.25) is 0 Å². The summed E-state index contributed by atoms with van der Waals surface area (Å²) in [7, 11) is 3.14. The molecule has 1 aromatic heterocycles. The van der Waals surface area contributed by atoms with Crippen molar-refractivity contribution in [2.75, 3.05) is 14.2 Å². The molecule has 26 heavy (non-hydrogen) atoms. The fraction of sp³-hybridized carbons (Fsp3) is 0.421. The van der Waals surface area contributed by atoms with Crippen LogP contribution in [0.15, 0.2) is 23.6 Å². The zero-order valence-electron chi connectivity index (χ0n) is 15.3. The minimum Gasteiger partial charge on any atom is -0.493 e. The number of rotatable bonds is 9. The van der Waals surface area contributed by atoms with Crippen LogP contribution in [-0.2, 0) is 16.0 Å². The number of aromatic nitrogens is 1. The van der Waals surface area contributed by atoms with Gasteiger partial charge in [-0.15, -0.1) is 11.3 Å². The van der Waals surface area contributed by atoms with Crippen LogP contribution in [-0.4, -0.2) is 36.1 Å². The molecule has 1 N–H and O–H groups in total. The fourth-order valence-corrected chi connectivity index (χ4v) is 3.54. The average molecular weight is 377 g/mol. The van der Waals surface area contributed by atoms with Crippen molar-refractivity contribution in [3.05, 3.63) is 29.3 Å². The third-order valence-electron chi connectivity index (χ3n) is 4.13. The van der Waals surface area contributed by atoms with Crippen molar-refractivity contribution >= 4 is 23.1 Å². The van der Waals surface area contributed by atoms with E-state index in [4.69, 9.17) is 9.47 Å². The normalized spacial score (nSPS) is 12.0. The quantitative estimate of drug-likeness (QED) is 0.717. The molecule has 7 heteroatoms. The van der Waals surface area contributed by atoms with Gasteiger partial charge in [0.25, 0.3) is 0 Å². The maximum atomic E-state index is 12.3. The molecule has 0 amide bonds. The summed E-state index contributed by atoms with van der Waals surface area (Å²) < 4.78 is 10.7. The molecule has 0 saturated heterocycles. The fourth-order valence-electron chi connectivity index (χ4n) is 2.70. The molecule has 1 atom stereocenters. The molecule has 2 aromatic rings. The predicted octanol–water partition coefficient (Wildman–Crippen LogP) is 3.69. The van der Waals surface area contributed by atoms with E-state index >= 15 is 0 Å². The molecule has 0 unspecified atom stereocenters. The Kier molecular flexibility index (Phi) is 6.74. The molecule has 0 aliphatic rings. The maximum absolute atomic E-state index is 12.3. The standard InChI is InChI=1S/C19H23NO5S/c1-11(2)15(19(22)23)9-13(21)8-12-10-26-18(20-12)14-6-5-7-16(24-3)17(14)25-4/h5-7,10-11,15H,8-9H2,1-4H3,(H,22,23)/t15-/m0/s1. The number of thiazole rings is 1. The summed E-state index contributed by atoms with van der Waals surface area (Å²) in [5.41, 5.74) is 1.42.